The lowest BCUT2D eigenvalue weighted by Gasteiger charge is -2.61. The number of hydrogen-bond acceptors (Lipinski definition) is 6. The Morgan fingerprint density at radius 3 is 2.10 bits per heavy atom. The van der Waals surface area contributed by atoms with Crippen LogP contribution < -0.4 is 0 Å². The maximum Gasteiger partial charge on any atom is 0.303 e. The Morgan fingerprint density at radius 2 is 1.69 bits per heavy atom. The van der Waals surface area contributed by atoms with Crippen LogP contribution in [0.2, 0.25) is 36.3 Å². The molecule has 1 saturated carbocycles. The first-order chi connectivity index (χ1) is 17.9. The normalized spacial score (nSPS) is 29.0. The number of esters is 1. The van der Waals surface area contributed by atoms with Crippen molar-refractivity contribution in [1.82, 2.24) is 0 Å². The van der Waals surface area contributed by atoms with Crippen molar-refractivity contribution in [2.24, 2.45) is 17.3 Å². The van der Waals surface area contributed by atoms with E-state index in [-0.39, 0.29) is 34.4 Å². The maximum atomic E-state index is 12.4. The molecule has 2 rings (SSSR count). The molecule has 0 radical (unpaired) electrons. The van der Waals surface area contributed by atoms with E-state index in [2.05, 4.69) is 102 Å². The van der Waals surface area contributed by atoms with Gasteiger partial charge in [0.1, 0.15) is 11.7 Å². The van der Waals surface area contributed by atoms with E-state index < -0.39 is 34.6 Å². The number of rotatable bonds is 14. The van der Waals surface area contributed by atoms with Gasteiger partial charge in [0.05, 0.1) is 12.7 Å². The molecule has 2 fully saturated rings. The van der Waals surface area contributed by atoms with E-state index in [1.54, 1.807) is 7.11 Å². The molecule has 0 spiro atoms. The average molecular weight is 697 g/mol. The second-order valence-corrected chi connectivity index (χ2v) is 24.2. The highest BCUT2D eigenvalue weighted by Gasteiger charge is 2.75. The Kier molecular flexibility index (Phi) is 12.0. The maximum absolute atomic E-state index is 12.4. The highest BCUT2D eigenvalue weighted by Crippen LogP contribution is 2.67. The van der Waals surface area contributed by atoms with E-state index in [4.69, 9.17) is 23.1 Å². The second kappa shape index (κ2) is 13.2. The SMILES string of the molecule is CC[Si](CC)(CC)OC[C@@H](O[Si](C)(C)C(C)(C)C)[C@@H]1[C@@H](OC)O[C@]2([C@@H](C/C(C)=C/I)OC(C)=O)[C@H]1CC2(C)C. The minimum atomic E-state index is -2.15. The van der Waals surface area contributed by atoms with Gasteiger partial charge in [-0.05, 0) is 59.1 Å². The van der Waals surface area contributed by atoms with E-state index in [1.807, 2.05) is 0 Å². The number of methoxy groups -OCH3 is 1. The van der Waals surface area contributed by atoms with Crippen molar-refractivity contribution in [2.75, 3.05) is 13.7 Å². The summed E-state index contributed by atoms with van der Waals surface area (Å²) in [4.78, 5) is 12.4. The van der Waals surface area contributed by atoms with Gasteiger partial charge in [0.2, 0.25) is 0 Å². The molecule has 1 aliphatic carbocycles. The van der Waals surface area contributed by atoms with Gasteiger partial charge in [0.15, 0.2) is 22.9 Å². The summed E-state index contributed by atoms with van der Waals surface area (Å²) < 4.78 is 35.4. The molecule has 0 aromatic carbocycles. The molecule has 2 aliphatic rings. The van der Waals surface area contributed by atoms with Crippen LogP contribution in [0.15, 0.2) is 9.66 Å². The van der Waals surface area contributed by atoms with Gasteiger partial charge in [-0.1, -0.05) is 83.6 Å². The van der Waals surface area contributed by atoms with Crippen LogP contribution in [-0.4, -0.2) is 60.4 Å². The Labute approximate surface area is 255 Å². The van der Waals surface area contributed by atoms with Crippen molar-refractivity contribution < 1.29 is 27.9 Å². The van der Waals surface area contributed by atoms with Crippen LogP contribution in [0.5, 0.6) is 0 Å². The Balaban J connectivity index is 2.61. The Bertz CT molecular complexity index is 858. The molecular weight excluding hydrogens is 639 g/mol. The number of halogens is 1. The largest absolute Gasteiger partial charge is 0.459 e. The summed E-state index contributed by atoms with van der Waals surface area (Å²) in [5.41, 5.74) is 0.321. The fraction of sp³-hybridized carbons (Fsp3) is 0.900. The summed E-state index contributed by atoms with van der Waals surface area (Å²) in [6.07, 6.45) is 0.570. The summed E-state index contributed by atoms with van der Waals surface area (Å²) in [7, 11) is -2.27. The van der Waals surface area contributed by atoms with Crippen molar-refractivity contribution in [1.29, 1.82) is 0 Å². The zero-order valence-electron chi connectivity index (χ0n) is 27.0. The highest BCUT2D eigenvalue weighted by atomic mass is 127. The molecule has 1 aliphatic heterocycles. The van der Waals surface area contributed by atoms with Gasteiger partial charge in [0.25, 0.3) is 0 Å². The van der Waals surface area contributed by atoms with Crippen LogP contribution in [-0.2, 0) is 27.9 Å². The number of hydrogen-bond donors (Lipinski definition) is 0. The quantitative estimate of drug-likeness (QED) is 0.103. The summed E-state index contributed by atoms with van der Waals surface area (Å²) in [6.45, 7) is 26.9. The lowest BCUT2D eigenvalue weighted by molar-refractivity contribution is -0.279. The highest BCUT2D eigenvalue weighted by molar-refractivity contribution is 14.1. The molecule has 0 amide bonds. The number of carbonyl (C=O) groups is 1. The predicted molar refractivity (Wildman–Crippen MR) is 173 cm³/mol. The molecule has 0 bridgehead atoms. The first-order valence-corrected chi connectivity index (χ1v) is 21.5. The number of fused-ring (bicyclic) bond motifs is 1. The van der Waals surface area contributed by atoms with Gasteiger partial charge in [0, 0.05) is 32.3 Å². The van der Waals surface area contributed by atoms with E-state index in [0.29, 0.717) is 13.0 Å². The van der Waals surface area contributed by atoms with Crippen molar-refractivity contribution in [3.63, 3.8) is 0 Å². The molecule has 228 valence electrons. The monoisotopic (exact) mass is 696 g/mol. The third-order valence-corrected chi connectivity index (χ3v) is 20.5. The van der Waals surface area contributed by atoms with Crippen LogP contribution >= 0.6 is 22.6 Å². The average Bonchev–Trinajstić information content (AvgIpc) is 3.13. The second-order valence-electron chi connectivity index (χ2n) is 14.0. The van der Waals surface area contributed by atoms with Crippen LogP contribution in [0.25, 0.3) is 0 Å². The summed E-state index contributed by atoms with van der Waals surface area (Å²) in [5.74, 6) is -0.167. The minimum absolute atomic E-state index is 0.0173. The van der Waals surface area contributed by atoms with Crippen LogP contribution in [0.3, 0.4) is 0 Å². The third-order valence-electron chi connectivity index (χ3n) is 10.3. The lowest BCUT2D eigenvalue weighted by Crippen LogP contribution is -2.68. The van der Waals surface area contributed by atoms with Crippen LogP contribution in [0, 0.1) is 17.3 Å². The molecule has 1 saturated heterocycles. The molecule has 0 aromatic heterocycles. The fourth-order valence-corrected chi connectivity index (χ4v) is 10.9. The smallest absolute Gasteiger partial charge is 0.303 e. The molecule has 39 heavy (non-hydrogen) atoms. The molecule has 6 nitrogen and oxygen atoms in total. The number of carbonyl (C=O) groups excluding carboxylic acids is 1. The van der Waals surface area contributed by atoms with Gasteiger partial charge in [-0.25, -0.2) is 0 Å². The molecule has 0 aromatic rings. The van der Waals surface area contributed by atoms with E-state index in [1.165, 1.54) is 12.5 Å². The first-order valence-electron chi connectivity index (χ1n) is 14.9. The van der Waals surface area contributed by atoms with E-state index in [0.717, 1.165) is 24.6 Å². The molecule has 0 unspecified atom stereocenters. The molecule has 0 N–H and O–H groups in total. The van der Waals surface area contributed by atoms with Crippen LogP contribution in [0.4, 0.5) is 0 Å². The first kappa shape index (κ1) is 35.4. The number of ether oxygens (including phenoxy) is 3. The third kappa shape index (κ3) is 7.07. The van der Waals surface area contributed by atoms with Crippen molar-refractivity contribution in [2.45, 2.75) is 142 Å². The van der Waals surface area contributed by atoms with Crippen LogP contribution in [0.1, 0.15) is 82.1 Å². The van der Waals surface area contributed by atoms with E-state index >= 15 is 0 Å². The zero-order chi connectivity index (χ0) is 30.0. The topological polar surface area (TPSA) is 63.2 Å². The lowest BCUT2D eigenvalue weighted by atomic mass is 9.47. The van der Waals surface area contributed by atoms with Gasteiger partial charge in [-0.2, -0.15) is 0 Å². The van der Waals surface area contributed by atoms with Crippen molar-refractivity contribution in [3.8, 4) is 0 Å². The molecule has 1 heterocycles. The molecule has 6 atom stereocenters. The molecule has 9 heteroatoms. The summed E-state index contributed by atoms with van der Waals surface area (Å²) in [6, 6.07) is 3.29. The van der Waals surface area contributed by atoms with Gasteiger partial charge < -0.3 is 23.1 Å². The Morgan fingerprint density at radius 1 is 1.13 bits per heavy atom. The minimum Gasteiger partial charge on any atom is -0.459 e. The summed E-state index contributed by atoms with van der Waals surface area (Å²) in [5, 5.41) is 0.0561. The van der Waals surface area contributed by atoms with E-state index in [9.17, 15) is 4.79 Å². The standard InChI is InChI=1S/C30H57IO6Si2/c1-14-39(15-2,16-3)34-20-24(37-38(12,13)28(6,7)8)26-23-18-29(9,10)30(23,36-27(26)33-11)25(35-22(5)32)17-21(4)19-31/h19,23-27H,14-18,20H2,1-13H3/b21-19+/t23-,24+,25+,26+,27-,30-/m0/s1. The zero-order valence-corrected chi connectivity index (χ0v) is 31.2. The van der Waals surface area contributed by atoms with Crippen molar-refractivity contribution in [3.05, 3.63) is 9.66 Å². The Hall–Kier alpha value is 0.214. The fourth-order valence-electron chi connectivity index (χ4n) is 6.66. The summed E-state index contributed by atoms with van der Waals surface area (Å²) >= 11 is 2.26. The van der Waals surface area contributed by atoms with Crippen molar-refractivity contribution >= 4 is 45.2 Å². The van der Waals surface area contributed by atoms with Gasteiger partial charge in [-0.3, -0.25) is 4.79 Å². The van der Waals surface area contributed by atoms with Gasteiger partial charge >= 0.3 is 5.97 Å². The predicted octanol–water partition coefficient (Wildman–Crippen LogP) is 8.46. The molecular formula is C30H57IO6Si2. The van der Waals surface area contributed by atoms with Gasteiger partial charge in [-0.15, -0.1) is 0 Å².